The fourth-order valence-electron chi connectivity index (χ4n) is 2.42. The Morgan fingerprint density at radius 3 is 3.11 bits per heavy atom. The van der Waals surface area contributed by atoms with Crippen molar-refractivity contribution in [3.63, 3.8) is 0 Å². The first kappa shape index (κ1) is 14.0. The van der Waals surface area contributed by atoms with Crippen LogP contribution in [0.3, 0.4) is 0 Å². The molecule has 1 saturated heterocycles. The van der Waals surface area contributed by atoms with Crippen LogP contribution in [0.5, 0.6) is 0 Å². The van der Waals surface area contributed by atoms with E-state index < -0.39 is 0 Å². The highest BCUT2D eigenvalue weighted by Crippen LogP contribution is 2.07. The van der Waals surface area contributed by atoms with Gasteiger partial charge in [0.15, 0.2) is 0 Å². The molecule has 2 aromatic rings. The van der Waals surface area contributed by atoms with Crippen molar-refractivity contribution in [2.24, 2.45) is 7.05 Å². The van der Waals surface area contributed by atoms with Crippen LogP contribution in [-0.2, 0) is 20.1 Å². The minimum Gasteiger partial charge on any atom is -1.00 e. The van der Waals surface area contributed by atoms with E-state index in [1.54, 1.807) is 0 Å². The van der Waals surface area contributed by atoms with Gasteiger partial charge in [-0.05, 0) is 19.4 Å². The molecule has 3 heterocycles. The highest BCUT2D eigenvalue weighted by atomic mass is 35.5. The van der Waals surface area contributed by atoms with Crippen LogP contribution in [0, 0.1) is 0 Å². The lowest BCUT2D eigenvalue weighted by molar-refractivity contribution is -0.671. The molecule has 1 fully saturated rings. The Hall–Kier alpha value is -1.40. The minimum absolute atomic E-state index is 0. The molecule has 1 aliphatic heterocycles. The third-order valence-corrected chi connectivity index (χ3v) is 3.32. The molecule has 0 amide bonds. The summed E-state index contributed by atoms with van der Waals surface area (Å²) in [5.74, 6) is 0. The average Bonchev–Trinajstić information content (AvgIpc) is 3.04. The number of rotatable bonds is 4. The van der Waals surface area contributed by atoms with Crippen LogP contribution < -0.4 is 22.3 Å². The van der Waals surface area contributed by atoms with Crippen molar-refractivity contribution >= 4 is 0 Å². The molecule has 0 spiro atoms. The SMILES string of the molecule is C[n+]1ccn(Cc2cn(C[C@@H]3CCCN3)nn2)c1.[Cl-]. The van der Waals surface area contributed by atoms with Gasteiger partial charge in [-0.1, -0.05) is 5.21 Å². The third-order valence-electron chi connectivity index (χ3n) is 3.32. The van der Waals surface area contributed by atoms with Crippen molar-refractivity contribution in [3.05, 3.63) is 30.6 Å². The van der Waals surface area contributed by atoms with E-state index in [-0.39, 0.29) is 12.4 Å². The Balaban J connectivity index is 0.00000133. The molecular formula is C12H19ClN6. The standard InChI is InChI=1S/C12H19N6.ClH/c1-16-5-6-17(10-16)7-12-9-18(15-14-12)8-11-3-2-4-13-11;/h5-6,9-11,13H,2-4,7-8H2,1H3;1H/q+1;/p-1/t11-;/m0./s1. The average molecular weight is 283 g/mol. The fourth-order valence-corrected chi connectivity index (χ4v) is 2.42. The summed E-state index contributed by atoms with van der Waals surface area (Å²) in [6, 6.07) is 0.559. The lowest BCUT2D eigenvalue weighted by atomic mass is 10.2. The number of nitrogens with zero attached hydrogens (tertiary/aromatic N) is 5. The van der Waals surface area contributed by atoms with Crippen molar-refractivity contribution in [3.8, 4) is 0 Å². The number of imidazole rings is 1. The first-order valence-electron chi connectivity index (χ1n) is 6.43. The molecule has 7 heteroatoms. The zero-order chi connectivity index (χ0) is 12.4. The van der Waals surface area contributed by atoms with E-state index >= 15 is 0 Å². The molecule has 3 rings (SSSR count). The predicted octanol–water partition coefficient (Wildman–Crippen LogP) is -3.29. The second kappa shape index (κ2) is 6.16. The molecule has 0 aliphatic carbocycles. The number of hydrogen-bond donors (Lipinski definition) is 1. The zero-order valence-electron chi connectivity index (χ0n) is 11.0. The van der Waals surface area contributed by atoms with Gasteiger partial charge in [0.25, 0.3) is 0 Å². The molecule has 1 atom stereocenters. The topological polar surface area (TPSA) is 51.5 Å². The molecule has 6 nitrogen and oxygen atoms in total. The van der Waals surface area contributed by atoms with Gasteiger partial charge in [0.05, 0.1) is 19.8 Å². The summed E-state index contributed by atoms with van der Waals surface area (Å²) >= 11 is 0. The van der Waals surface area contributed by atoms with Crippen LogP contribution in [0.15, 0.2) is 24.9 Å². The Morgan fingerprint density at radius 1 is 1.53 bits per heavy atom. The van der Waals surface area contributed by atoms with Crippen molar-refractivity contribution in [2.75, 3.05) is 6.54 Å². The van der Waals surface area contributed by atoms with Gasteiger partial charge in [-0.15, -0.1) is 5.10 Å². The number of halogens is 1. The van der Waals surface area contributed by atoms with Crippen molar-refractivity contribution in [1.29, 1.82) is 0 Å². The molecule has 1 N–H and O–H groups in total. The van der Waals surface area contributed by atoms with Crippen LogP contribution in [0.25, 0.3) is 0 Å². The molecule has 0 unspecified atom stereocenters. The van der Waals surface area contributed by atoms with Crippen LogP contribution in [0.1, 0.15) is 18.5 Å². The van der Waals surface area contributed by atoms with E-state index in [1.165, 1.54) is 12.8 Å². The summed E-state index contributed by atoms with van der Waals surface area (Å²) in [7, 11) is 2.01. The third kappa shape index (κ3) is 3.54. The molecule has 0 aromatic carbocycles. The normalized spacial score (nSPS) is 18.5. The fraction of sp³-hybridized carbons (Fsp3) is 0.583. The monoisotopic (exact) mass is 282 g/mol. The van der Waals surface area contributed by atoms with Crippen LogP contribution >= 0.6 is 0 Å². The minimum atomic E-state index is 0. The number of hydrogen-bond acceptors (Lipinski definition) is 3. The summed E-state index contributed by atoms with van der Waals surface area (Å²) in [5.41, 5.74) is 1.00. The Labute approximate surface area is 118 Å². The Bertz CT molecular complexity index is 514. The number of aromatic nitrogens is 5. The van der Waals surface area contributed by atoms with E-state index in [1.807, 2.05) is 41.2 Å². The maximum Gasteiger partial charge on any atom is 0.243 e. The first-order chi connectivity index (χ1) is 8.79. The molecule has 0 radical (unpaired) electrons. The number of aryl methyl sites for hydroxylation is 1. The summed E-state index contributed by atoms with van der Waals surface area (Å²) in [6.45, 7) is 2.83. The first-order valence-corrected chi connectivity index (χ1v) is 6.43. The second-order valence-corrected chi connectivity index (χ2v) is 4.98. The van der Waals surface area contributed by atoms with E-state index in [9.17, 15) is 0 Å². The zero-order valence-corrected chi connectivity index (χ0v) is 11.8. The summed E-state index contributed by atoms with van der Waals surface area (Å²) < 4.78 is 6.07. The molecule has 0 saturated carbocycles. The summed E-state index contributed by atoms with van der Waals surface area (Å²) in [6.07, 6.45) is 10.6. The molecule has 0 bridgehead atoms. The van der Waals surface area contributed by atoms with E-state index in [2.05, 4.69) is 20.2 Å². The van der Waals surface area contributed by atoms with E-state index in [0.29, 0.717) is 6.04 Å². The highest BCUT2D eigenvalue weighted by molar-refractivity contribution is 4.94. The molecule has 104 valence electrons. The highest BCUT2D eigenvalue weighted by Gasteiger charge is 2.15. The van der Waals surface area contributed by atoms with Crippen LogP contribution in [-0.4, -0.2) is 32.1 Å². The van der Waals surface area contributed by atoms with Crippen LogP contribution in [0.2, 0.25) is 0 Å². The van der Waals surface area contributed by atoms with Crippen molar-refractivity contribution < 1.29 is 17.0 Å². The molecule has 1 aliphatic rings. The van der Waals surface area contributed by atoms with Gasteiger partial charge in [-0.25, -0.2) is 9.13 Å². The van der Waals surface area contributed by atoms with Crippen molar-refractivity contribution in [2.45, 2.75) is 32.0 Å². The molecular weight excluding hydrogens is 264 g/mol. The predicted molar refractivity (Wildman–Crippen MR) is 65.8 cm³/mol. The quantitative estimate of drug-likeness (QED) is 0.598. The lowest BCUT2D eigenvalue weighted by Gasteiger charge is -2.08. The number of nitrogens with one attached hydrogen (secondary N) is 1. The van der Waals surface area contributed by atoms with Gasteiger partial charge in [0.2, 0.25) is 6.33 Å². The van der Waals surface area contributed by atoms with Gasteiger partial charge in [-0.2, -0.15) is 0 Å². The van der Waals surface area contributed by atoms with Crippen LogP contribution in [0.4, 0.5) is 0 Å². The second-order valence-electron chi connectivity index (χ2n) is 4.98. The molecule has 2 aromatic heterocycles. The van der Waals surface area contributed by atoms with Gasteiger partial charge >= 0.3 is 0 Å². The van der Waals surface area contributed by atoms with E-state index in [4.69, 9.17) is 0 Å². The largest absolute Gasteiger partial charge is 1.00 e. The van der Waals surface area contributed by atoms with Gasteiger partial charge in [0, 0.05) is 6.04 Å². The Kier molecular flexibility index (Phi) is 4.55. The van der Waals surface area contributed by atoms with Gasteiger partial charge in [-0.3, -0.25) is 4.68 Å². The van der Waals surface area contributed by atoms with E-state index in [0.717, 1.165) is 25.3 Å². The maximum atomic E-state index is 4.22. The summed E-state index contributed by atoms with van der Waals surface area (Å²) in [4.78, 5) is 0. The smallest absolute Gasteiger partial charge is 0.243 e. The van der Waals surface area contributed by atoms with Gasteiger partial charge in [0.1, 0.15) is 24.6 Å². The lowest BCUT2D eigenvalue weighted by Crippen LogP contribution is -3.00. The summed E-state index contributed by atoms with van der Waals surface area (Å²) in [5, 5.41) is 11.9. The van der Waals surface area contributed by atoms with Crippen molar-refractivity contribution in [1.82, 2.24) is 24.9 Å². The maximum absolute atomic E-state index is 4.22. The van der Waals surface area contributed by atoms with Gasteiger partial charge < -0.3 is 17.7 Å². The Morgan fingerprint density at radius 2 is 2.42 bits per heavy atom. The molecule has 19 heavy (non-hydrogen) atoms.